The van der Waals surface area contributed by atoms with Crippen molar-refractivity contribution in [2.75, 3.05) is 6.54 Å². The fourth-order valence-electron chi connectivity index (χ4n) is 3.99. The van der Waals surface area contributed by atoms with Gasteiger partial charge in [-0.1, -0.05) is 49.6 Å². The van der Waals surface area contributed by atoms with E-state index in [9.17, 15) is 19.2 Å². The van der Waals surface area contributed by atoms with E-state index in [1.807, 2.05) is 24.0 Å². The van der Waals surface area contributed by atoms with Crippen molar-refractivity contribution in [3.05, 3.63) is 58.0 Å². The molecule has 0 aromatic carbocycles. The molecule has 0 saturated heterocycles. The molecule has 8 nitrogen and oxygen atoms in total. The number of rotatable bonds is 11. The average molecular weight is 519 g/mol. The second-order valence-electron chi connectivity index (χ2n) is 9.39. The van der Waals surface area contributed by atoms with Crippen LogP contribution < -0.4 is 5.73 Å². The van der Waals surface area contributed by atoms with Crippen LogP contribution in [0.4, 0.5) is 0 Å². The van der Waals surface area contributed by atoms with Gasteiger partial charge in [-0.2, -0.15) is 0 Å². The van der Waals surface area contributed by atoms with Gasteiger partial charge in [0.1, 0.15) is 6.04 Å². The van der Waals surface area contributed by atoms with Crippen LogP contribution in [0.15, 0.2) is 58.0 Å². The number of unbranched alkanes of at least 4 members (excludes halogenated alkanes) is 1. The maximum Gasteiger partial charge on any atom is 0.320 e. The molecular formula is C27H35ClN2O6. The molecule has 2 rings (SSSR count). The van der Waals surface area contributed by atoms with Crippen molar-refractivity contribution >= 4 is 35.1 Å². The normalized spacial score (nSPS) is 22.3. The van der Waals surface area contributed by atoms with Gasteiger partial charge in [-0.15, -0.1) is 0 Å². The number of carbonyl (C=O) groups excluding carboxylic acids is 3. The highest BCUT2D eigenvalue weighted by molar-refractivity contribution is 6.49. The molecule has 0 aromatic rings. The van der Waals surface area contributed by atoms with Gasteiger partial charge in [-0.3, -0.25) is 19.2 Å². The number of fused-ring (bicyclic) bond motifs is 1. The van der Waals surface area contributed by atoms with Gasteiger partial charge < -0.3 is 20.5 Å². The maximum atomic E-state index is 13.3. The third-order valence-electron chi connectivity index (χ3n) is 6.28. The third kappa shape index (κ3) is 6.83. The van der Waals surface area contributed by atoms with Crippen molar-refractivity contribution in [1.29, 1.82) is 0 Å². The standard InChI is InChI=1S/C27H35ClN2O6/c1-6-16(2)13-17(3)10-11-19-14-20-21(15-30(19)12-8-7-9-22(29)26(34)35)24(32)27(5,36-18(4)31)25(33)23(20)28/h10-11,13-16,22H,6-9,12,29H2,1-5H3,(H,34,35)/b11-10+,17-13+/t16-,22+,27-/m1/s1. The lowest BCUT2D eigenvalue weighted by Crippen LogP contribution is -2.52. The summed E-state index contributed by atoms with van der Waals surface area (Å²) in [4.78, 5) is 50.7. The van der Waals surface area contributed by atoms with Crippen molar-refractivity contribution < 1.29 is 29.0 Å². The van der Waals surface area contributed by atoms with E-state index >= 15 is 0 Å². The minimum absolute atomic E-state index is 0.172. The first-order valence-electron chi connectivity index (χ1n) is 12.1. The molecule has 36 heavy (non-hydrogen) atoms. The second kappa shape index (κ2) is 12.3. The number of allylic oxidation sites excluding steroid dienone is 6. The molecule has 3 N–H and O–H groups in total. The van der Waals surface area contributed by atoms with Crippen LogP contribution >= 0.6 is 11.6 Å². The molecule has 0 aromatic heterocycles. The number of ether oxygens (including phenoxy) is 1. The van der Waals surface area contributed by atoms with E-state index in [1.54, 1.807) is 12.3 Å². The van der Waals surface area contributed by atoms with Gasteiger partial charge in [-0.05, 0) is 51.2 Å². The first kappa shape index (κ1) is 29.3. The molecule has 1 heterocycles. The van der Waals surface area contributed by atoms with Crippen molar-refractivity contribution in [3.8, 4) is 0 Å². The molecule has 0 bridgehead atoms. The van der Waals surface area contributed by atoms with Crippen LogP contribution in [0.25, 0.3) is 0 Å². The lowest BCUT2D eigenvalue weighted by Gasteiger charge is -2.35. The zero-order chi connectivity index (χ0) is 27.2. The monoisotopic (exact) mass is 518 g/mol. The van der Waals surface area contributed by atoms with Crippen LogP contribution in [0, 0.1) is 5.92 Å². The van der Waals surface area contributed by atoms with E-state index in [1.165, 1.54) is 6.92 Å². The van der Waals surface area contributed by atoms with Gasteiger partial charge in [0.25, 0.3) is 0 Å². The van der Waals surface area contributed by atoms with Crippen LogP contribution in [-0.4, -0.2) is 51.7 Å². The van der Waals surface area contributed by atoms with Crippen LogP contribution in [0.3, 0.4) is 0 Å². The predicted octanol–water partition coefficient (Wildman–Crippen LogP) is 4.17. The Kier molecular flexibility index (Phi) is 10.0. The zero-order valence-corrected chi connectivity index (χ0v) is 22.2. The van der Waals surface area contributed by atoms with E-state index in [2.05, 4.69) is 19.9 Å². The van der Waals surface area contributed by atoms with Gasteiger partial charge in [-0.25, -0.2) is 0 Å². The van der Waals surface area contributed by atoms with Gasteiger partial charge in [0.15, 0.2) is 0 Å². The molecule has 2 aliphatic rings. The van der Waals surface area contributed by atoms with E-state index < -0.39 is 35.1 Å². The topological polar surface area (TPSA) is 127 Å². The first-order valence-corrected chi connectivity index (χ1v) is 12.4. The molecule has 0 saturated carbocycles. The highest BCUT2D eigenvalue weighted by Crippen LogP contribution is 2.39. The number of hydrogen-bond acceptors (Lipinski definition) is 7. The van der Waals surface area contributed by atoms with Crippen molar-refractivity contribution in [2.24, 2.45) is 11.7 Å². The van der Waals surface area contributed by atoms with E-state index in [0.717, 1.165) is 18.9 Å². The van der Waals surface area contributed by atoms with E-state index in [4.69, 9.17) is 27.2 Å². The smallest absolute Gasteiger partial charge is 0.320 e. The Hall–Kier alpha value is -2.97. The summed E-state index contributed by atoms with van der Waals surface area (Å²) < 4.78 is 5.13. The Bertz CT molecular complexity index is 1080. The predicted molar refractivity (Wildman–Crippen MR) is 138 cm³/mol. The number of ketones is 2. The van der Waals surface area contributed by atoms with Crippen LogP contribution in [0.2, 0.25) is 0 Å². The minimum Gasteiger partial charge on any atom is -0.480 e. The molecule has 0 radical (unpaired) electrons. The lowest BCUT2D eigenvalue weighted by atomic mass is 9.79. The summed E-state index contributed by atoms with van der Waals surface area (Å²) >= 11 is 6.41. The zero-order valence-electron chi connectivity index (χ0n) is 21.5. The second-order valence-corrected chi connectivity index (χ2v) is 9.77. The Morgan fingerprint density at radius 3 is 2.50 bits per heavy atom. The van der Waals surface area contributed by atoms with Crippen LogP contribution in [-0.2, 0) is 23.9 Å². The Balaban J connectivity index is 2.44. The van der Waals surface area contributed by atoms with Gasteiger partial charge in [0.2, 0.25) is 17.2 Å². The first-order chi connectivity index (χ1) is 16.8. The number of carboxylic acids is 1. The summed E-state index contributed by atoms with van der Waals surface area (Å²) in [5.41, 5.74) is 5.80. The Labute approximate surface area is 217 Å². The number of esters is 1. The number of aliphatic carboxylic acids is 1. The average Bonchev–Trinajstić information content (AvgIpc) is 2.82. The van der Waals surface area contributed by atoms with Crippen LogP contribution in [0.5, 0.6) is 0 Å². The minimum atomic E-state index is -2.03. The number of halogens is 1. The molecule has 9 heteroatoms. The number of carbonyl (C=O) groups is 4. The van der Waals surface area contributed by atoms with Gasteiger partial charge >= 0.3 is 11.9 Å². The molecule has 1 aliphatic carbocycles. The third-order valence-corrected chi connectivity index (χ3v) is 6.66. The lowest BCUT2D eigenvalue weighted by molar-refractivity contribution is -0.167. The van der Waals surface area contributed by atoms with Gasteiger partial charge in [0, 0.05) is 36.5 Å². The summed E-state index contributed by atoms with van der Waals surface area (Å²) in [5.74, 6) is -2.81. The number of hydrogen-bond donors (Lipinski definition) is 2. The molecule has 3 atom stereocenters. The molecule has 0 fully saturated rings. The quantitative estimate of drug-likeness (QED) is 0.180. The van der Waals surface area contributed by atoms with Crippen molar-refractivity contribution in [3.63, 3.8) is 0 Å². The molecule has 0 amide bonds. The molecular weight excluding hydrogens is 484 g/mol. The molecule has 1 aliphatic heterocycles. The van der Waals surface area contributed by atoms with Gasteiger partial charge in [0.05, 0.1) is 5.03 Å². The number of Topliss-reactive ketones (excluding diaryl/α,β-unsaturated/α-hetero) is 2. The summed E-state index contributed by atoms with van der Waals surface area (Å²) in [6.07, 6.45) is 11.8. The highest BCUT2D eigenvalue weighted by atomic mass is 35.5. The number of nitrogens with two attached hydrogens (primary N) is 1. The van der Waals surface area contributed by atoms with E-state index in [-0.39, 0.29) is 16.2 Å². The number of carboxylic acid groups (broad SMARTS) is 1. The maximum absolute atomic E-state index is 13.3. The largest absolute Gasteiger partial charge is 0.480 e. The summed E-state index contributed by atoms with van der Waals surface area (Å²) in [6.45, 7) is 9.08. The SMILES string of the molecule is CC[C@@H](C)/C=C(C)/C=C/C1=CC2=C(Cl)C(=O)[C@](C)(OC(C)=O)C(=O)C2=CN1CCCC[C@H](N)C(=O)O. The Morgan fingerprint density at radius 1 is 1.25 bits per heavy atom. The molecule has 0 spiro atoms. The molecule has 196 valence electrons. The van der Waals surface area contributed by atoms with E-state index in [0.29, 0.717) is 37.4 Å². The Morgan fingerprint density at radius 2 is 1.92 bits per heavy atom. The number of nitrogens with zero attached hydrogens (tertiary/aromatic N) is 1. The summed E-state index contributed by atoms with van der Waals surface area (Å²) in [5, 5.41) is 8.83. The fraction of sp³-hybridized carbons (Fsp3) is 0.481. The summed E-state index contributed by atoms with van der Waals surface area (Å²) in [6, 6.07) is -0.934. The van der Waals surface area contributed by atoms with Crippen LogP contribution in [0.1, 0.15) is 60.3 Å². The summed E-state index contributed by atoms with van der Waals surface area (Å²) in [7, 11) is 0. The molecule has 0 unspecified atom stereocenters. The van der Waals surface area contributed by atoms with Crippen molar-refractivity contribution in [1.82, 2.24) is 4.90 Å². The fourth-order valence-corrected chi connectivity index (χ4v) is 4.33. The highest BCUT2D eigenvalue weighted by Gasteiger charge is 2.52. The van der Waals surface area contributed by atoms with Crippen molar-refractivity contribution in [2.45, 2.75) is 71.9 Å².